The van der Waals surface area contributed by atoms with Crippen LogP contribution in [0.1, 0.15) is 39.0 Å². The molecule has 3 aliphatic rings. The maximum atomic E-state index is 12.8. The maximum Gasteiger partial charge on any atom is 0.325 e. The van der Waals surface area contributed by atoms with Crippen LogP contribution in [-0.4, -0.2) is 79.0 Å². The van der Waals surface area contributed by atoms with Gasteiger partial charge in [-0.1, -0.05) is 19.8 Å². The Balaban J connectivity index is 1.43. The van der Waals surface area contributed by atoms with Gasteiger partial charge < -0.3 is 20.9 Å². The molecule has 1 aliphatic carbocycles. The van der Waals surface area contributed by atoms with Crippen molar-refractivity contribution < 1.29 is 14.4 Å². The van der Waals surface area contributed by atoms with Crippen molar-refractivity contribution in [2.75, 3.05) is 45.8 Å². The van der Waals surface area contributed by atoms with E-state index in [1.54, 1.807) is 0 Å². The van der Waals surface area contributed by atoms with E-state index in [1.807, 2.05) is 6.92 Å². The van der Waals surface area contributed by atoms with E-state index in [0.29, 0.717) is 13.0 Å². The number of imide groups is 1. The third-order valence-electron chi connectivity index (χ3n) is 5.99. The van der Waals surface area contributed by atoms with Crippen LogP contribution in [0.2, 0.25) is 0 Å². The molecule has 3 fully saturated rings. The number of piperazine rings is 1. The van der Waals surface area contributed by atoms with Crippen LogP contribution >= 0.6 is 0 Å². The van der Waals surface area contributed by atoms with Crippen LogP contribution in [0.3, 0.4) is 0 Å². The summed E-state index contributed by atoms with van der Waals surface area (Å²) in [5.41, 5.74) is -0.794. The largest absolute Gasteiger partial charge is 0.354 e. The summed E-state index contributed by atoms with van der Waals surface area (Å²) >= 11 is 0. The second-order valence-corrected chi connectivity index (χ2v) is 7.73. The molecule has 0 radical (unpaired) electrons. The van der Waals surface area contributed by atoms with E-state index >= 15 is 0 Å². The first-order valence-corrected chi connectivity index (χ1v) is 9.87. The van der Waals surface area contributed by atoms with Gasteiger partial charge in [0.2, 0.25) is 5.91 Å². The molecular formula is C18H31N5O3. The first kappa shape index (κ1) is 19.1. The zero-order chi connectivity index (χ0) is 18.6. The number of nitrogens with one attached hydrogen (secondary N) is 3. The number of nitrogens with zero attached hydrogens (tertiary/aromatic N) is 2. The Morgan fingerprint density at radius 3 is 2.77 bits per heavy atom. The average molecular weight is 365 g/mol. The molecule has 2 unspecified atom stereocenters. The SMILES string of the molecule is CC1CCCCC12NC(=O)N(CC(=O)NCCCN1CCNCC1)C2=O. The first-order chi connectivity index (χ1) is 12.5. The van der Waals surface area contributed by atoms with Crippen molar-refractivity contribution >= 4 is 17.8 Å². The summed E-state index contributed by atoms with van der Waals surface area (Å²) in [6, 6.07) is -0.431. The zero-order valence-corrected chi connectivity index (χ0v) is 15.7. The summed E-state index contributed by atoms with van der Waals surface area (Å²) in [7, 11) is 0. The topological polar surface area (TPSA) is 93.8 Å². The minimum absolute atomic E-state index is 0.111. The fraction of sp³-hybridized carbons (Fsp3) is 0.833. The van der Waals surface area contributed by atoms with Crippen LogP contribution < -0.4 is 16.0 Å². The molecule has 3 rings (SSSR count). The highest BCUT2D eigenvalue weighted by atomic mass is 16.2. The smallest absolute Gasteiger partial charge is 0.325 e. The summed E-state index contributed by atoms with van der Waals surface area (Å²) in [4.78, 5) is 40.7. The van der Waals surface area contributed by atoms with Crippen LogP contribution in [0, 0.1) is 5.92 Å². The fourth-order valence-corrected chi connectivity index (χ4v) is 4.30. The number of amides is 4. The lowest BCUT2D eigenvalue weighted by Gasteiger charge is -2.36. The maximum absolute atomic E-state index is 12.8. The van der Waals surface area contributed by atoms with E-state index in [9.17, 15) is 14.4 Å². The molecule has 2 aliphatic heterocycles. The van der Waals surface area contributed by atoms with Gasteiger partial charge in [0.1, 0.15) is 12.1 Å². The third kappa shape index (κ3) is 4.01. The summed E-state index contributed by atoms with van der Waals surface area (Å²) in [5, 5.41) is 9.03. The molecule has 2 heterocycles. The number of hydrogen-bond donors (Lipinski definition) is 3. The Labute approximate surface area is 155 Å². The molecule has 8 nitrogen and oxygen atoms in total. The predicted molar refractivity (Wildman–Crippen MR) is 97.5 cm³/mol. The van der Waals surface area contributed by atoms with E-state index in [4.69, 9.17) is 0 Å². The molecule has 4 amide bonds. The molecule has 1 saturated carbocycles. The van der Waals surface area contributed by atoms with Gasteiger partial charge in [0.05, 0.1) is 0 Å². The number of urea groups is 1. The number of rotatable bonds is 6. The quantitative estimate of drug-likeness (QED) is 0.451. The molecule has 146 valence electrons. The lowest BCUT2D eigenvalue weighted by atomic mass is 9.73. The van der Waals surface area contributed by atoms with Crippen LogP contribution in [-0.2, 0) is 9.59 Å². The van der Waals surface area contributed by atoms with E-state index in [1.165, 1.54) is 0 Å². The minimum Gasteiger partial charge on any atom is -0.354 e. The highest BCUT2D eigenvalue weighted by Gasteiger charge is 2.55. The van der Waals surface area contributed by atoms with Crippen LogP contribution in [0.5, 0.6) is 0 Å². The van der Waals surface area contributed by atoms with Crippen molar-refractivity contribution in [2.45, 2.75) is 44.6 Å². The van der Waals surface area contributed by atoms with Gasteiger partial charge in [0.15, 0.2) is 0 Å². The van der Waals surface area contributed by atoms with Gasteiger partial charge in [-0.2, -0.15) is 0 Å². The van der Waals surface area contributed by atoms with Crippen molar-refractivity contribution in [3.05, 3.63) is 0 Å². The molecular weight excluding hydrogens is 334 g/mol. The second kappa shape index (κ2) is 8.35. The van der Waals surface area contributed by atoms with Gasteiger partial charge in [-0.15, -0.1) is 0 Å². The third-order valence-corrected chi connectivity index (χ3v) is 5.99. The Morgan fingerprint density at radius 2 is 2.04 bits per heavy atom. The Kier molecular flexibility index (Phi) is 6.13. The van der Waals surface area contributed by atoms with Gasteiger partial charge in [0, 0.05) is 32.7 Å². The molecule has 1 spiro atoms. The molecule has 8 heteroatoms. The number of hydrogen-bond acceptors (Lipinski definition) is 5. The summed E-state index contributed by atoms with van der Waals surface area (Å²) in [5.74, 6) is -0.389. The van der Waals surface area contributed by atoms with Gasteiger partial charge in [-0.25, -0.2) is 4.79 Å². The van der Waals surface area contributed by atoms with Crippen LogP contribution in [0.15, 0.2) is 0 Å². The van der Waals surface area contributed by atoms with Gasteiger partial charge in [-0.3, -0.25) is 14.5 Å². The van der Waals surface area contributed by atoms with Crippen molar-refractivity contribution in [3.8, 4) is 0 Å². The number of carbonyl (C=O) groups is 3. The first-order valence-electron chi connectivity index (χ1n) is 9.87. The number of carbonyl (C=O) groups excluding carboxylic acids is 3. The standard InChI is InChI=1S/C18H31N5O3/c1-14-5-2-3-6-18(14)16(25)23(17(26)21-18)13-15(24)20-7-4-10-22-11-8-19-9-12-22/h14,19H,2-13H2,1H3,(H,20,24)(H,21,26). The van der Waals surface area contributed by atoms with Crippen molar-refractivity contribution in [1.29, 1.82) is 0 Å². The molecule has 0 aromatic carbocycles. The fourth-order valence-electron chi connectivity index (χ4n) is 4.30. The van der Waals surface area contributed by atoms with Crippen molar-refractivity contribution in [3.63, 3.8) is 0 Å². The van der Waals surface area contributed by atoms with E-state index in [2.05, 4.69) is 20.9 Å². The molecule has 2 saturated heterocycles. The normalized spacial score (nSPS) is 29.9. The van der Waals surface area contributed by atoms with E-state index in [-0.39, 0.29) is 24.3 Å². The van der Waals surface area contributed by atoms with Crippen molar-refractivity contribution in [1.82, 2.24) is 25.8 Å². The molecule has 0 bridgehead atoms. The highest BCUT2D eigenvalue weighted by molar-refractivity contribution is 6.09. The van der Waals surface area contributed by atoms with Crippen LogP contribution in [0.4, 0.5) is 4.79 Å². The Morgan fingerprint density at radius 1 is 1.27 bits per heavy atom. The van der Waals surface area contributed by atoms with E-state index in [0.717, 1.165) is 63.3 Å². The minimum atomic E-state index is -0.794. The van der Waals surface area contributed by atoms with E-state index < -0.39 is 11.6 Å². The van der Waals surface area contributed by atoms with Crippen LogP contribution in [0.25, 0.3) is 0 Å². The summed E-state index contributed by atoms with van der Waals surface area (Å²) in [6.45, 7) is 7.44. The highest BCUT2D eigenvalue weighted by Crippen LogP contribution is 2.38. The Bertz CT molecular complexity index is 549. The van der Waals surface area contributed by atoms with Gasteiger partial charge in [-0.05, 0) is 31.7 Å². The Hall–Kier alpha value is -1.67. The lowest BCUT2D eigenvalue weighted by Crippen LogP contribution is -2.54. The molecule has 3 N–H and O–H groups in total. The molecule has 0 aromatic heterocycles. The second-order valence-electron chi connectivity index (χ2n) is 7.73. The lowest BCUT2D eigenvalue weighted by molar-refractivity contribution is -0.137. The van der Waals surface area contributed by atoms with Crippen molar-refractivity contribution in [2.24, 2.45) is 5.92 Å². The average Bonchev–Trinajstić information content (AvgIpc) is 2.87. The van der Waals surface area contributed by atoms with Gasteiger partial charge >= 0.3 is 6.03 Å². The predicted octanol–water partition coefficient (Wildman–Crippen LogP) is -0.101. The zero-order valence-electron chi connectivity index (χ0n) is 15.7. The molecule has 26 heavy (non-hydrogen) atoms. The monoisotopic (exact) mass is 365 g/mol. The summed E-state index contributed by atoms with van der Waals surface area (Å²) < 4.78 is 0. The molecule has 0 aromatic rings. The summed E-state index contributed by atoms with van der Waals surface area (Å²) in [6.07, 6.45) is 4.48. The van der Waals surface area contributed by atoms with Gasteiger partial charge in [0.25, 0.3) is 5.91 Å². The molecule has 2 atom stereocenters.